The first kappa shape index (κ1) is 26.8. The molecular formula is C26H22F5N3O4. The smallest absolute Gasteiger partial charge is 0.418 e. The van der Waals surface area contributed by atoms with Gasteiger partial charge in [0.05, 0.1) is 5.56 Å². The number of carbonyl (C=O) groups is 2. The number of anilines is 2. The zero-order valence-corrected chi connectivity index (χ0v) is 20.0. The zero-order chi connectivity index (χ0) is 27.8. The lowest BCUT2D eigenvalue weighted by Crippen LogP contribution is -2.43. The second-order valence-electron chi connectivity index (χ2n) is 8.83. The number of benzene rings is 2. The van der Waals surface area contributed by atoms with Crippen LogP contribution < -0.4 is 15.8 Å². The van der Waals surface area contributed by atoms with Crippen molar-refractivity contribution in [2.75, 3.05) is 11.4 Å². The van der Waals surface area contributed by atoms with E-state index in [1.54, 1.807) is 6.07 Å². The molecule has 0 saturated heterocycles. The van der Waals surface area contributed by atoms with E-state index in [1.165, 1.54) is 24.1 Å². The monoisotopic (exact) mass is 535 g/mol. The Bertz CT molecular complexity index is 1450. The van der Waals surface area contributed by atoms with Gasteiger partial charge in [0.15, 0.2) is 0 Å². The first-order valence-corrected chi connectivity index (χ1v) is 11.5. The number of rotatable bonds is 6. The number of amides is 1. The van der Waals surface area contributed by atoms with Crippen molar-refractivity contribution in [3.8, 4) is 0 Å². The van der Waals surface area contributed by atoms with Crippen LogP contribution in [-0.2, 0) is 30.9 Å². The van der Waals surface area contributed by atoms with Crippen LogP contribution in [0.15, 0.2) is 53.5 Å². The average molecular weight is 535 g/mol. The van der Waals surface area contributed by atoms with Gasteiger partial charge in [0.2, 0.25) is 0 Å². The van der Waals surface area contributed by atoms with E-state index in [0.717, 1.165) is 35.0 Å². The Morgan fingerprint density at radius 2 is 1.74 bits per heavy atom. The lowest BCUT2D eigenvalue weighted by atomic mass is 9.92. The largest absolute Gasteiger partial charge is 0.480 e. The van der Waals surface area contributed by atoms with Gasteiger partial charge < -0.3 is 19.9 Å². The van der Waals surface area contributed by atoms with Gasteiger partial charge in [-0.25, -0.2) is 13.6 Å². The molecule has 3 aromatic rings. The number of aromatic nitrogens is 1. The molecule has 12 heteroatoms. The van der Waals surface area contributed by atoms with Crippen LogP contribution >= 0.6 is 0 Å². The normalized spacial score (nSPS) is 14.1. The number of hydrogen-bond donors (Lipinski definition) is 2. The first-order valence-electron chi connectivity index (χ1n) is 11.5. The molecule has 7 nitrogen and oxygen atoms in total. The van der Waals surface area contributed by atoms with Gasteiger partial charge in [-0.15, -0.1) is 0 Å². The molecule has 1 aliphatic rings. The highest BCUT2D eigenvalue weighted by Crippen LogP contribution is 2.40. The van der Waals surface area contributed by atoms with E-state index in [1.807, 2.05) is 0 Å². The third-order valence-corrected chi connectivity index (χ3v) is 6.38. The number of alkyl halides is 3. The van der Waals surface area contributed by atoms with Gasteiger partial charge in [-0.1, -0.05) is 18.2 Å². The fraction of sp³-hybridized carbons (Fsp3) is 0.269. The standard InChI is InChI=1S/C26H22F5N3O4/c1-33-12-10-16(26(29,30)31)22(24(33)36)34-11-4-6-15-14(5-2-9-20(15)34)13-19(25(37)38)32-23(35)21-17(27)7-3-8-18(21)28/h2-3,5,7-10,12,19H,4,6,11,13H2,1H3,(H,32,35)(H,37,38)/t19-/m0/s1. The summed E-state index contributed by atoms with van der Waals surface area (Å²) in [5.74, 6) is -5.06. The van der Waals surface area contributed by atoms with Crippen LogP contribution in [0.2, 0.25) is 0 Å². The Labute approximate surface area is 213 Å². The Morgan fingerprint density at radius 3 is 2.37 bits per heavy atom. The number of aliphatic carboxylic acids is 1. The number of aryl methyl sites for hydroxylation is 1. The summed E-state index contributed by atoms with van der Waals surface area (Å²) < 4.78 is 70.5. The van der Waals surface area contributed by atoms with Crippen molar-refractivity contribution < 1.29 is 36.6 Å². The number of pyridine rings is 1. The number of halogens is 5. The lowest BCUT2D eigenvalue weighted by Gasteiger charge is -2.34. The third kappa shape index (κ3) is 5.11. The molecule has 1 aliphatic heterocycles. The highest BCUT2D eigenvalue weighted by atomic mass is 19.4. The predicted octanol–water partition coefficient (Wildman–Crippen LogP) is 4.19. The van der Waals surface area contributed by atoms with Crippen LogP contribution in [0.25, 0.3) is 0 Å². The van der Waals surface area contributed by atoms with Crippen molar-refractivity contribution in [1.82, 2.24) is 9.88 Å². The number of nitrogens with one attached hydrogen (secondary N) is 1. The predicted molar refractivity (Wildman–Crippen MR) is 127 cm³/mol. The number of carboxylic acid groups (broad SMARTS) is 1. The van der Waals surface area contributed by atoms with Gasteiger partial charge in [0.25, 0.3) is 11.5 Å². The number of carboxylic acids is 1. The Morgan fingerprint density at radius 1 is 1.08 bits per heavy atom. The molecule has 200 valence electrons. The minimum absolute atomic E-state index is 0.116. The molecule has 0 bridgehead atoms. The van der Waals surface area contributed by atoms with Crippen LogP contribution in [-0.4, -0.2) is 34.1 Å². The molecule has 2 N–H and O–H groups in total. The maximum atomic E-state index is 14.0. The summed E-state index contributed by atoms with van der Waals surface area (Å²) in [5.41, 5.74) is -2.20. The molecular weight excluding hydrogens is 513 g/mol. The average Bonchev–Trinajstić information content (AvgIpc) is 2.84. The molecule has 1 aromatic heterocycles. The Hall–Kier alpha value is -4.22. The summed E-state index contributed by atoms with van der Waals surface area (Å²) in [6.07, 6.45) is -3.33. The molecule has 4 rings (SSSR count). The minimum Gasteiger partial charge on any atom is -0.480 e. The molecule has 0 unspecified atom stereocenters. The van der Waals surface area contributed by atoms with Gasteiger partial charge in [-0.05, 0) is 48.2 Å². The number of fused-ring (bicyclic) bond motifs is 1. The summed E-state index contributed by atoms with van der Waals surface area (Å²) in [7, 11) is 1.34. The summed E-state index contributed by atoms with van der Waals surface area (Å²) in [5, 5.41) is 11.8. The molecule has 0 radical (unpaired) electrons. The van der Waals surface area contributed by atoms with Crippen molar-refractivity contribution in [3.63, 3.8) is 0 Å². The van der Waals surface area contributed by atoms with Crippen LogP contribution in [0.1, 0.15) is 33.5 Å². The van der Waals surface area contributed by atoms with Crippen molar-refractivity contribution in [1.29, 1.82) is 0 Å². The maximum absolute atomic E-state index is 14.0. The van der Waals surface area contributed by atoms with Gasteiger partial charge >= 0.3 is 12.1 Å². The van der Waals surface area contributed by atoms with Crippen LogP contribution in [0.5, 0.6) is 0 Å². The summed E-state index contributed by atoms with van der Waals surface area (Å²) in [6, 6.07) is 6.60. The second kappa shape index (κ2) is 10.3. The molecule has 0 aliphatic carbocycles. The highest BCUT2D eigenvalue weighted by molar-refractivity contribution is 5.97. The van der Waals surface area contributed by atoms with E-state index in [-0.39, 0.29) is 13.0 Å². The van der Waals surface area contributed by atoms with E-state index in [9.17, 15) is 41.4 Å². The topological polar surface area (TPSA) is 91.6 Å². The summed E-state index contributed by atoms with van der Waals surface area (Å²) >= 11 is 0. The van der Waals surface area contributed by atoms with Gasteiger partial charge in [0, 0.05) is 31.9 Å². The number of nitrogens with zero attached hydrogens (tertiary/aromatic N) is 2. The molecule has 0 fully saturated rings. The SMILES string of the molecule is Cn1ccc(C(F)(F)F)c(N2CCCc3c(C[C@H](NC(=O)c4c(F)cccc4F)C(=O)O)cccc32)c1=O. The Kier molecular flexibility index (Phi) is 7.25. The van der Waals surface area contributed by atoms with Crippen LogP contribution in [0.4, 0.5) is 33.3 Å². The zero-order valence-electron chi connectivity index (χ0n) is 20.0. The van der Waals surface area contributed by atoms with Crippen molar-refractivity contribution >= 4 is 23.3 Å². The quantitative estimate of drug-likeness (QED) is 0.462. The van der Waals surface area contributed by atoms with Crippen LogP contribution in [0.3, 0.4) is 0 Å². The fourth-order valence-electron chi connectivity index (χ4n) is 4.59. The molecule has 38 heavy (non-hydrogen) atoms. The number of hydrogen-bond acceptors (Lipinski definition) is 4. The number of carbonyl (C=O) groups excluding carboxylic acids is 1. The first-order chi connectivity index (χ1) is 17.9. The van der Waals surface area contributed by atoms with Crippen molar-refractivity contribution in [3.05, 3.63) is 92.9 Å². The van der Waals surface area contributed by atoms with E-state index >= 15 is 0 Å². The molecule has 2 heterocycles. The molecule has 1 atom stereocenters. The molecule has 0 spiro atoms. The van der Waals surface area contributed by atoms with Gasteiger partial charge in [0.1, 0.15) is 28.9 Å². The van der Waals surface area contributed by atoms with Gasteiger partial charge in [-0.2, -0.15) is 13.2 Å². The summed E-state index contributed by atoms with van der Waals surface area (Å²) in [6.45, 7) is 0.116. The minimum atomic E-state index is -4.79. The third-order valence-electron chi connectivity index (χ3n) is 6.38. The van der Waals surface area contributed by atoms with Gasteiger partial charge in [-0.3, -0.25) is 9.59 Å². The summed E-state index contributed by atoms with van der Waals surface area (Å²) in [4.78, 5) is 38.6. The van der Waals surface area contributed by atoms with E-state index in [4.69, 9.17) is 0 Å². The van der Waals surface area contributed by atoms with Crippen LogP contribution in [0, 0.1) is 11.6 Å². The van der Waals surface area contributed by atoms with E-state index in [2.05, 4.69) is 5.32 Å². The Balaban J connectivity index is 1.72. The lowest BCUT2D eigenvalue weighted by molar-refractivity contribution is -0.139. The maximum Gasteiger partial charge on any atom is 0.418 e. The molecule has 1 amide bonds. The van der Waals surface area contributed by atoms with E-state index < -0.39 is 58.1 Å². The highest BCUT2D eigenvalue weighted by Gasteiger charge is 2.38. The molecule has 2 aromatic carbocycles. The molecule has 0 saturated carbocycles. The van der Waals surface area contributed by atoms with Crippen molar-refractivity contribution in [2.45, 2.75) is 31.5 Å². The van der Waals surface area contributed by atoms with E-state index in [0.29, 0.717) is 29.7 Å². The second-order valence-corrected chi connectivity index (χ2v) is 8.83. The van der Waals surface area contributed by atoms with Crippen molar-refractivity contribution in [2.24, 2.45) is 7.05 Å². The fourth-order valence-corrected chi connectivity index (χ4v) is 4.59.